The van der Waals surface area contributed by atoms with E-state index in [1.54, 1.807) is 6.20 Å². The second kappa shape index (κ2) is 4.38. The minimum absolute atomic E-state index is 0.654. The quantitative estimate of drug-likeness (QED) is 0.756. The third-order valence-electron chi connectivity index (χ3n) is 1.56. The molecular weight excluding hydrogens is 282 g/mol. The van der Waals surface area contributed by atoms with E-state index in [9.17, 15) is 0 Å². The summed E-state index contributed by atoms with van der Waals surface area (Å²) < 4.78 is 2.09. The number of pyridine rings is 1. The monoisotopic (exact) mass is 291 g/mol. The van der Waals surface area contributed by atoms with Gasteiger partial charge in [0.05, 0.1) is 0 Å². The van der Waals surface area contributed by atoms with Gasteiger partial charge < -0.3 is 0 Å². The van der Waals surface area contributed by atoms with E-state index in [-0.39, 0.29) is 0 Å². The first-order valence-electron chi connectivity index (χ1n) is 3.90. The number of nitrogens with zero attached hydrogens (tertiary/aromatic N) is 1. The van der Waals surface area contributed by atoms with Gasteiger partial charge in [-0.3, -0.25) is 0 Å². The fourth-order valence-electron chi connectivity index (χ4n) is 1.04. The van der Waals surface area contributed by atoms with Crippen LogP contribution in [-0.2, 0) is 6.42 Å². The smallest absolute Gasteiger partial charge is 0.110 e. The normalized spacial score (nSPS) is 10.8. The van der Waals surface area contributed by atoms with Crippen molar-refractivity contribution in [2.75, 3.05) is 0 Å². The lowest BCUT2D eigenvalue weighted by atomic mass is 10.1. The number of aromatic nitrogens is 1. The molecule has 0 aromatic carbocycles. The molecule has 0 spiro atoms. The first kappa shape index (κ1) is 10.2. The van der Waals surface area contributed by atoms with Crippen molar-refractivity contribution in [3.05, 3.63) is 26.9 Å². The van der Waals surface area contributed by atoms with Crippen LogP contribution in [0.2, 0.25) is 0 Å². The SMILES string of the molecule is CC(C)Cc1c(Br)ccnc1Br. The molecule has 0 aliphatic rings. The summed E-state index contributed by atoms with van der Waals surface area (Å²) in [5.74, 6) is 0.654. The van der Waals surface area contributed by atoms with Crippen molar-refractivity contribution in [2.24, 2.45) is 5.92 Å². The molecule has 0 fully saturated rings. The Morgan fingerprint density at radius 3 is 2.58 bits per heavy atom. The summed E-state index contributed by atoms with van der Waals surface area (Å²) in [6.07, 6.45) is 2.84. The van der Waals surface area contributed by atoms with Crippen LogP contribution < -0.4 is 0 Å². The molecule has 66 valence electrons. The van der Waals surface area contributed by atoms with Gasteiger partial charge in [0.2, 0.25) is 0 Å². The zero-order valence-electron chi connectivity index (χ0n) is 7.14. The van der Waals surface area contributed by atoms with Crippen LogP contribution in [0.25, 0.3) is 0 Å². The third kappa shape index (κ3) is 2.56. The van der Waals surface area contributed by atoms with Crippen molar-refractivity contribution in [1.82, 2.24) is 4.98 Å². The van der Waals surface area contributed by atoms with Crippen LogP contribution in [0.5, 0.6) is 0 Å². The van der Waals surface area contributed by atoms with Gasteiger partial charge in [0.1, 0.15) is 4.60 Å². The van der Waals surface area contributed by atoms with Crippen molar-refractivity contribution < 1.29 is 0 Å². The Bertz CT molecular complexity index is 251. The van der Waals surface area contributed by atoms with Gasteiger partial charge in [-0.25, -0.2) is 4.98 Å². The highest BCUT2D eigenvalue weighted by Crippen LogP contribution is 2.25. The summed E-state index contributed by atoms with van der Waals surface area (Å²) in [5, 5.41) is 0. The van der Waals surface area contributed by atoms with E-state index in [0.29, 0.717) is 5.92 Å². The van der Waals surface area contributed by atoms with Crippen LogP contribution in [0.1, 0.15) is 19.4 Å². The maximum Gasteiger partial charge on any atom is 0.110 e. The lowest BCUT2D eigenvalue weighted by Gasteiger charge is -2.08. The van der Waals surface area contributed by atoms with Crippen molar-refractivity contribution in [1.29, 1.82) is 0 Å². The van der Waals surface area contributed by atoms with Gasteiger partial charge in [-0.2, -0.15) is 0 Å². The second-order valence-electron chi connectivity index (χ2n) is 3.16. The van der Waals surface area contributed by atoms with E-state index in [4.69, 9.17) is 0 Å². The van der Waals surface area contributed by atoms with E-state index in [1.807, 2.05) is 6.07 Å². The first-order chi connectivity index (χ1) is 5.61. The van der Waals surface area contributed by atoms with Crippen LogP contribution in [0, 0.1) is 5.92 Å². The summed E-state index contributed by atoms with van der Waals surface area (Å²) in [4.78, 5) is 4.18. The van der Waals surface area contributed by atoms with Crippen LogP contribution >= 0.6 is 31.9 Å². The molecule has 1 aromatic heterocycles. The standard InChI is InChI=1S/C9H11Br2N/c1-6(2)5-7-8(10)3-4-12-9(7)11/h3-4,6H,5H2,1-2H3. The van der Waals surface area contributed by atoms with Gasteiger partial charge in [-0.05, 0) is 39.9 Å². The molecule has 0 amide bonds. The van der Waals surface area contributed by atoms with Crippen molar-refractivity contribution in [3.8, 4) is 0 Å². The predicted octanol–water partition coefficient (Wildman–Crippen LogP) is 3.81. The molecule has 3 heteroatoms. The van der Waals surface area contributed by atoms with Crippen molar-refractivity contribution >= 4 is 31.9 Å². The average Bonchev–Trinajstić information content (AvgIpc) is 1.97. The number of rotatable bonds is 2. The Morgan fingerprint density at radius 2 is 2.08 bits per heavy atom. The van der Waals surface area contributed by atoms with Gasteiger partial charge in [0.25, 0.3) is 0 Å². The molecule has 1 heterocycles. The number of hydrogen-bond donors (Lipinski definition) is 0. The Kier molecular flexibility index (Phi) is 3.72. The molecule has 0 bridgehead atoms. The topological polar surface area (TPSA) is 12.9 Å². The van der Waals surface area contributed by atoms with Gasteiger partial charge in [-0.15, -0.1) is 0 Å². The molecule has 1 nitrogen and oxygen atoms in total. The highest BCUT2D eigenvalue weighted by Gasteiger charge is 2.06. The Balaban J connectivity index is 2.96. The lowest BCUT2D eigenvalue weighted by Crippen LogP contribution is -1.97. The predicted molar refractivity (Wildman–Crippen MR) is 58.2 cm³/mol. The van der Waals surface area contributed by atoms with Crippen LogP contribution in [-0.4, -0.2) is 4.98 Å². The fourth-order valence-corrected chi connectivity index (χ4v) is 2.26. The van der Waals surface area contributed by atoms with Crippen LogP contribution in [0.3, 0.4) is 0 Å². The van der Waals surface area contributed by atoms with E-state index in [1.165, 1.54) is 5.56 Å². The van der Waals surface area contributed by atoms with Gasteiger partial charge >= 0.3 is 0 Å². The minimum Gasteiger partial charge on any atom is -0.249 e. The molecule has 0 unspecified atom stereocenters. The molecule has 12 heavy (non-hydrogen) atoms. The summed E-state index contributed by atoms with van der Waals surface area (Å²) in [6, 6.07) is 1.97. The largest absolute Gasteiger partial charge is 0.249 e. The Morgan fingerprint density at radius 1 is 1.42 bits per heavy atom. The van der Waals surface area contributed by atoms with Crippen molar-refractivity contribution in [2.45, 2.75) is 20.3 Å². The molecule has 0 saturated carbocycles. The third-order valence-corrected chi connectivity index (χ3v) is 2.98. The van der Waals surface area contributed by atoms with Gasteiger partial charge in [-0.1, -0.05) is 29.8 Å². The molecule has 0 atom stereocenters. The molecule has 0 radical (unpaired) electrons. The first-order valence-corrected chi connectivity index (χ1v) is 5.48. The summed E-state index contributed by atoms with van der Waals surface area (Å²) in [7, 11) is 0. The average molecular weight is 293 g/mol. The maximum atomic E-state index is 4.18. The van der Waals surface area contributed by atoms with Gasteiger partial charge in [0, 0.05) is 10.7 Å². The maximum absolute atomic E-state index is 4.18. The molecule has 0 saturated heterocycles. The molecule has 0 aliphatic heterocycles. The molecular formula is C9H11Br2N. The molecule has 0 aliphatic carbocycles. The van der Waals surface area contributed by atoms with Gasteiger partial charge in [0.15, 0.2) is 0 Å². The fraction of sp³-hybridized carbons (Fsp3) is 0.444. The molecule has 0 N–H and O–H groups in total. The molecule has 1 aromatic rings. The van der Waals surface area contributed by atoms with Crippen LogP contribution in [0.15, 0.2) is 21.3 Å². The Labute approximate surface area is 89.8 Å². The second-order valence-corrected chi connectivity index (χ2v) is 4.77. The van der Waals surface area contributed by atoms with Crippen LogP contribution in [0.4, 0.5) is 0 Å². The number of hydrogen-bond acceptors (Lipinski definition) is 1. The zero-order chi connectivity index (χ0) is 9.14. The van der Waals surface area contributed by atoms with E-state index in [0.717, 1.165) is 15.5 Å². The summed E-state index contributed by atoms with van der Waals surface area (Å²) in [5.41, 5.74) is 1.26. The van der Waals surface area contributed by atoms with E-state index < -0.39 is 0 Å². The molecule has 1 rings (SSSR count). The highest BCUT2D eigenvalue weighted by molar-refractivity contribution is 9.11. The van der Waals surface area contributed by atoms with Crippen molar-refractivity contribution in [3.63, 3.8) is 0 Å². The van der Waals surface area contributed by atoms with E-state index >= 15 is 0 Å². The zero-order valence-corrected chi connectivity index (χ0v) is 10.3. The summed E-state index contributed by atoms with van der Waals surface area (Å²) in [6.45, 7) is 4.40. The lowest BCUT2D eigenvalue weighted by molar-refractivity contribution is 0.641. The van der Waals surface area contributed by atoms with E-state index in [2.05, 4.69) is 50.7 Å². The summed E-state index contributed by atoms with van der Waals surface area (Å²) >= 11 is 6.94. The Hall–Kier alpha value is 0.110. The number of halogens is 2. The minimum atomic E-state index is 0.654. The highest BCUT2D eigenvalue weighted by atomic mass is 79.9.